The predicted octanol–water partition coefficient (Wildman–Crippen LogP) is 1.91. The molecule has 0 radical (unpaired) electrons. The fourth-order valence-corrected chi connectivity index (χ4v) is 2.88. The molecular weight excluding hydrogens is 234 g/mol. The third kappa shape index (κ3) is 3.51. The highest BCUT2D eigenvalue weighted by atomic mass is 32.1. The van der Waals surface area contributed by atoms with Crippen LogP contribution in [0.4, 0.5) is 0 Å². The third-order valence-corrected chi connectivity index (χ3v) is 4.11. The van der Waals surface area contributed by atoms with E-state index in [1.807, 2.05) is 0 Å². The lowest BCUT2D eigenvalue weighted by molar-refractivity contribution is 0.0939. The van der Waals surface area contributed by atoms with Gasteiger partial charge in [-0.1, -0.05) is 19.3 Å². The van der Waals surface area contributed by atoms with Gasteiger partial charge in [-0.25, -0.2) is 4.98 Å². The first-order valence-corrected chi connectivity index (χ1v) is 7.10. The van der Waals surface area contributed by atoms with Crippen LogP contribution in [0.5, 0.6) is 0 Å². The van der Waals surface area contributed by atoms with E-state index in [0.717, 1.165) is 11.6 Å². The number of thiazole rings is 1. The molecule has 1 aromatic rings. The van der Waals surface area contributed by atoms with Gasteiger partial charge in [0.05, 0.1) is 0 Å². The maximum Gasteiger partial charge on any atom is 0.270 e. The molecule has 0 unspecified atom stereocenters. The van der Waals surface area contributed by atoms with E-state index < -0.39 is 0 Å². The fourth-order valence-electron chi connectivity index (χ4n) is 2.23. The summed E-state index contributed by atoms with van der Waals surface area (Å²) in [6.45, 7) is 1.19. The first kappa shape index (κ1) is 12.5. The lowest BCUT2D eigenvalue weighted by Crippen LogP contribution is -2.30. The number of nitrogens with zero attached hydrogens (tertiary/aromatic N) is 1. The zero-order valence-corrected chi connectivity index (χ0v) is 10.8. The largest absolute Gasteiger partial charge is 0.350 e. The number of carbonyl (C=O) groups is 1. The second-order valence-corrected chi connectivity index (χ2v) is 5.49. The van der Waals surface area contributed by atoms with Gasteiger partial charge in [0.2, 0.25) is 0 Å². The highest BCUT2D eigenvalue weighted by Crippen LogP contribution is 2.22. The Bertz CT molecular complexity index is 372. The smallest absolute Gasteiger partial charge is 0.270 e. The maximum absolute atomic E-state index is 11.8. The Labute approximate surface area is 106 Å². The monoisotopic (exact) mass is 253 g/mol. The Morgan fingerprint density at radius 2 is 2.24 bits per heavy atom. The Morgan fingerprint density at radius 3 is 2.88 bits per heavy atom. The number of nitrogens with one attached hydrogen (secondary N) is 1. The van der Waals surface area contributed by atoms with Crippen molar-refractivity contribution < 1.29 is 4.79 Å². The molecule has 1 fully saturated rings. The molecule has 0 spiro atoms. The number of amides is 1. The van der Waals surface area contributed by atoms with E-state index in [2.05, 4.69) is 10.3 Å². The topological polar surface area (TPSA) is 68.0 Å². The summed E-state index contributed by atoms with van der Waals surface area (Å²) in [6, 6.07) is 0. The molecule has 5 heteroatoms. The molecule has 17 heavy (non-hydrogen) atoms. The minimum absolute atomic E-state index is 0.0634. The van der Waals surface area contributed by atoms with Gasteiger partial charge in [-0.05, 0) is 18.8 Å². The van der Waals surface area contributed by atoms with E-state index in [1.54, 1.807) is 5.38 Å². The number of nitrogens with two attached hydrogens (primary N) is 1. The van der Waals surface area contributed by atoms with Crippen molar-refractivity contribution >= 4 is 17.2 Å². The Hall–Kier alpha value is -0.940. The number of rotatable bonds is 4. The Balaban J connectivity index is 1.80. The average Bonchev–Trinajstić information content (AvgIpc) is 2.86. The first-order valence-electron chi connectivity index (χ1n) is 6.22. The zero-order valence-electron chi connectivity index (χ0n) is 9.95. The molecule has 1 aliphatic rings. The summed E-state index contributed by atoms with van der Waals surface area (Å²) in [6.07, 6.45) is 6.43. The molecule has 94 valence electrons. The van der Waals surface area contributed by atoms with Crippen molar-refractivity contribution in [1.82, 2.24) is 10.3 Å². The van der Waals surface area contributed by atoms with Crippen LogP contribution in [0.3, 0.4) is 0 Å². The van der Waals surface area contributed by atoms with Gasteiger partial charge in [0.1, 0.15) is 10.7 Å². The second kappa shape index (κ2) is 6.12. The van der Waals surface area contributed by atoms with Crippen LogP contribution in [-0.4, -0.2) is 17.4 Å². The molecular formula is C12H19N3OS. The van der Waals surface area contributed by atoms with Crippen molar-refractivity contribution in [2.24, 2.45) is 11.7 Å². The van der Waals surface area contributed by atoms with E-state index in [0.29, 0.717) is 18.2 Å². The summed E-state index contributed by atoms with van der Waals surface area (Å²) < 4.78 is 0. The first-order chi connectivity index (χ1) is 8.29. The lowest BCUT2D eigenvalue weighted by atomic mass is 9.89. The lowest BCUT2D eigenvalue weighted by Gasteiger charge is -2.21. The van der Waals surface area contributed by atoms with E-state index in [9.17, 15) is 4.79 Å². The van der Waals surface area contributed by atoms with E-state index >= 15 is 0 Å². The van der Waals surface area contributed by atoms with Gasteiger partial charge in [0.25, 0.3) is 5.91 Å². The van der Waals surface area contributed by atoms with Gasteiger partial charge in [-0.15, -0.1) is 11.3 Å². The average molecular weight is 253 g/mol. The summed E-state index contributed by atoms with van der Waals surface area (Å²) in [5.74, 6) is 0.590. The van der Waals surface area contributed by atoms with Gasteiger partial charge >= 0.3 is 0 Å². The number of carbonyl (C=O) groups excluding carboxylic acids is 1. The summed E-state index contributed by atoms with van der Waals surface area (Å²) in [5, 5.41) is 5.56. The van der Waals surface area contributed by atoms with Gasteiger partial charge in [-0.2, -0.15) is 0 Å². The molecule has 0 aromatic carbocycles. The van der Waals surface area contributed by atoms with Crippen LogP contribution in [0, 0.1) is 5.92 Å². The molecule has 1 heterocycles. The molecule has 1 aliphatic carbocycles. The quantitative estimate of drug-likeness (QED) is 0.861. The zero-order chi connectivity index (χ0) is 12.1. The minimum Gasteiger partial charge on any atom is -0.350 e. The molecule has 0 bridgehead atoms. The van der Waals surface area contributed by atoms with Gasteiger partial charge in [0, 0.05) is 18.5 Å². The van der Waals surface area contributed by atoms with Crippen LogP contribution in [0.1, 0.15) is 47.6 Å². The molecule has 4 nitrogen and oxygen atoms in total. The van der Waals surface area contributed by atoms with Crippen LogP contribution in [0.2, 0.25) is 0 Å². The van der Waals surface area contributed by atoms with E-state index in [-0.39, 0.29) is 5.91 Å². The van der Waals surface area contributed by atoms with Crippen LogP contribution in [-0.2, 0) is 6.54 Å². The SMILES string of the molecule is NCc1nc(C(=O)NCC2CCCCC2)cs1. The van der Waals surface area contributed by atoms with E-state index in [4.69, 9.17) is 5.73 Å². The van der Waals surface area contributed by atoms with Gasteiger partial charge < -0.3 is 11.1 Å². The summed E-state index contributed by atoms with van der Waals surface area (Å²) in [5.41, 5.74) is 5.98. The molecule has 0 atom stereocenters. The number of hydrogen-bond acceptors (Lipinski definition) is 4. The summed E-state index contributed by atoms with van der Waals surface area (Å²) in [4.78, 5) is 16.0. The number of aromatic nitrogens is 1. The van der Waals surface area contributed by atoms with Crippen molar-refractivity contribution in [2.45, 2.75) is 38.6 Å². The highest BCUT2D eigenvalue weighted by Gasteiger charge is 2.16. The molecule has 0 saturated heterocycles. The highest BCUT2D eigenvalue weighted by molar-refractivity contribution is 7.09. The summed E-state index contributed by atoms with van der Waals surface area (Å²) in [7, 11) is 0. The summed E-state index contributed by atoms with van der Waals surface area (Å²) >= 11 is 1.44. The number of hydrogen-bond donors (Lipinski definition) is 2. The molecule has 3 N–H and O–H groups in total. The van der Waals surface area contributed by atoms with Crippen molar-refractivity contribution in [1.29, 1.82) is 0 Å². The van der Waals surface area contributed by atoms with Crippen LogP contribution >= 0.6 is 11.3 Å². The van der Waals surface area contributed by atoms with Crippen LogP contribution < -0.4 is 11.1 Å². The van der Waals surface area contributed by atoms with Crippen molar-refractivity contribution in [2.75, 3.05) is 6.54 Å². The maximum atomic E-state index is 11.8. The van der Waals surface area contributed by atoms with Crippen LogP contribution in [0.25, 0.3) is 0 Å². The Kier molecular flexibility index (Phi) is 4.50. The van der Waals surface area contributed by atoms with Crippen molar-refractivity contribution in [3.05, 3.63) is 16.1 Å². The van der Waals surface area contributed by atoms with Gasteiger partial charge in [-0.3, -0.25) is 4.79 Å². The van der Waals surface area contributed by atoms with Crippen molar-refractivity contribution in [3.63, 3.8) is 0 Å². The molecule has 1 aromatic heterocycles. The Morgan fingerprint density at radius 1 is 1.47 bits per heavy atom. The van der Waals surface area contributed by atoms with Gasteiger partial charge in [0.15, 0.2) is 0 Å². The normalized spacial score (nSPS) is 17.0. The predicted molar refractivity (Wildman–Crippen MR) is 68.9 cm³/mol. The molecule has 0 aliphatic heterocycles. The van der Waals surface area contributed by atoms with E-state index in [1.165, 1.54) is 43.4 Å². The fraction of sp³-hybridized carbons (Fsp3) is 0.667. The molecule has 2 rings (SSSR count). The standard InChI is InChI=1S/C12H19N3OS/c13-6-11-15-10(8-17-11)12(16)14-7-9-4-2-1-3-5-9/h8-9H,1-7,13H2,(H,14,16). The molecule has 1 saturated carbocycles. The van der Waals surface area contributed by atoms with Crippen LogP contribution in [0.15, 0.2) is 5.38 Å². The second-order valence-electron chi connectivity index (χ2n) is 4.54. The molecule has 1 amide bonds. The third-order valence-electron chi connectivity index (χ3n) is 3.24. The minimum atomic E-state index is -0.0634. The van der Waals surface area contributed by atoms with Crippen molar-refractivity contribution in [3.8, 4) is 0 Å².